The molecule has 1 N–H and O–H groups in total. The molecule has 0 radical (unpaired) electrons. The molecule has 3 fully saturated rings. The molecule has 24 heavy (non-hydrogen) atoms. The van der Waals surface area contributed by atoms with E-state index in [0.29, 0.717) is 24.2 Å². The number of rotatable bonds is 2. The van der Waals surface area contributed by atoms with Gasteiger partial charge in [-0.3, -0.25) is 4.79 Å². The first-order valence-electron chi connectivity index (χ1n) is 9.44. The van der Waals surface area contributed by atoms with Crippen LogP contribution in [0.2, 0.25) is 0 Å². The second-order valence-corrected chi connectivity index (χ2v) is 8.98. The highest BCUT2D eigenvalue weighted by Crippen LogP contribution is 2.49. The largest absolute Gasteiger partial charge is 0.390 e. The van der Waals surface area contributed by atoms with Gasteiger partial charge < -0.3 is 10.0 Å². The van der Waals surface area contributed by atoms with Crippen LogP contribution in [0.4, 0.5) is 0 Å². The van der Waals surface area contributed by atoms with E-state index in [-0.39, 0.29) is 11.8 Å². The summed E-state index contributed by atoms with van der Waals surface area (Å²) in [5, 5.41) is 9.83. The van der Waals surface area contributed by atoms with E-state index in [9.17, 15) is 9.90 Å². The highest BCUT2D eigenvalue weighted by Gasteiger charge is 2.51. The van der Waals surface area contributed by atoms with Gasteiger partial charge in [-0.15, -0.1) is 0 Å². The Balaban J connectivity index is 1.29. The van der Waals surface area contributed by atoms with Gasteiger partial charge in [-0.2, -0.15) is 0 Å². The Morgan fingerprint density at radius 3 is 2.46 bits per heavy atom. The fraction of sp³-hybridized carbons (Fsp3) is 0.667. The fourth-order valence-corrected chi connectivity index (χ4v) is 5.16. The second-order valence-electron chi connectivity index (χ2n) is 8.98. The monoisotopic (exact) mass is 327 g/mol. The van der Waals surface area contributed by atoms with Crippen molar-refractivity contribution in [2.75, 3.05) is 13.1 Å². The van der Waals surface area contributed by atoms with Gasteiger partial charge in [-0.25, -0.2) is 0 Å². The zero-order valence-electron chi connectivity index (χ0n) is 14.9. The van der Waals surface area contributed by atoms with Crippen molar-refractivity contribution >= 4 is 5.91 Å². The Hall–Kier alpha value is -1.35. The van der Waals surface area contributed by atoms with Crippen LogP contribution in [0, 0.1) is 18.3 Å². The third-order valence-electron chi connectivity index (χ3n) is 6.65. The third-order valence-corrected chi connectivity index (χ3v) is 6.65. The van der Waals surface area contributed by atoms with Crippen molar-refractivity contribution in [3.63, 3.8) is 0 Å². The minimum Gasteiger partial charge on any atom is -0.390 e. The predicted octanol–water partition coefficient (Wildman–Crippen LogP) is 3.64. The highest BCUT2D eigenvalue weighted by molar-refractivity contribution is 5.81. The first-order valence-corrected chi connectivity index (χ1v) is 9.44. The molecule has 3 heteroatoms. The Labute approximate surface area is 145 Å². The van der Waals surface area contributed by atoms with Crippen molar-refractivity contribution in [3.8, 4) is 0 Å². The molecule has 1 saturated heterocycles. The summed E-state index contributed by atoms with van der Waals surface area (Å²) in [6.45, 7) is 5.90. The van der Waals surface area contributed by atoms with Gasteiger partial charge in [-0.1, -0.05) is 29.8 Å². The van der Waals surface area contributed by atoms with Gasteiger partial charge in [0, 0.05) is 24.4 Å². The molecule has 3 aliphatic rings. The van der Waals surface area contributed by atoms with Crippen LogP contribution < -0.4 is 0 Å². The zero-order valence-corrected chi connectivity index (χ0v) is 14.9. The summed E-state index contributed by atoms with van der Waals surface area (Å²) in [4.78, 5) is 14.5. The standard InChI is InChI=1S/C21H29NO2/c1-15-4-3-5-17(10-15)16-6-8-21(9-7-16)13-22(14-21)19(23)18-11-20(2,24)12-18/h3-5,10,16,18,24H,6-9,11-14H2,1-2H3. The Bertz CT molecular complexity index is 627. The van der Waals surface area contributed by atoms with Crippen molar-refractivity contribution in [1.29, 1.82) is 0 Å². The first-order chi connectivity index (χ1) is 11.4. The first kappa shape index (κ1) is 16.1. The summed E-state index contributed by atoms with van der Waals surface area (Å²) in [6.07, 6.45) is 6.29. The number of nitrogens with zero attached hydrogens (tertiary/aromatic N) is 1. The molecule has 1 aromatic carbocycles. The van der Waals surface area contributed by atoms with Crippen molar-refractivity contribution in [2.45, 2.75) is 63.9 Å². The van der Waals surface area contributed by atoms with Crippen LogP contribution in [0.3, 0.4) is 0 Å². The molecular formula is C21H29NO2. The summed E-state index contributed by atoms with van der Waals surface area (Å²) in [6, 6.07) is 8.95. The summed E-state index contributed by atoms with van der Waals surface area (Å²) in [5.41, 5.74) is 2.63. The smallest absolute Gasteiger partial charge is 0.225 e. The minimum atomic E-state index is -0.602. The van der Waals surface area contributed by atoms with Crippen LogP contribution in [-0.2, 0) is 4.79 Å². The minimum absolute atomic E-state index is 0.0704. The fourth-order valence-electron chi connectivity index (χ4n) is 5.16. The van der Waals surface area contributed by atoms with Crippen LogP contribution >= 0.6 is 0 Å². The molecule has 1 amide bonds. The van der Waals surface area contributed by atoms with Crippen LogP contribution in [0.15, 0.2) is 24.3 Å². The molecule has 2 saturated carbocycles. The number of carbonyl (C=O) groups is 1. The number of hydrogen-bond acceptors (Lipinski definition) is 2. The average molecular weight is 327 g/mol. The number of likely N-dealkylation sites (tertiary alicyclic amines) is 1. The molecule has 1 aromatic rings. The van der Waals surface area contributed by atoms with E-state index in [2.05, 4.69) is 31.2 Å². The van der Waals surface area contributed by atoms with Gasteiger partial charge >= 0.3 is 0 Å². The van der Waals surface area contributed by atoms with E-state index in [4.69, 9.17) is 0 Å². The molecule has 3 nitrogen and oxygen atoms in total. The predicted molar refractivity (Wildman–Crippen MR) is 94.7 cm³/mol. The normalized spacial score (nSPS) is 32.3. The molecule has 2 aliphatic carbocycles. The molecule has 130 valence electrons. The lowest BCUT2D eigenvalue weighted by Crippen LogP contribution is -2.62. The van der Waals surface area contributed by atoms with Crippen LogP contribution in [0.5, 0.6) is 0 Å². The SMILES string of the molecule is Cc1cccc(C2CCC3(CC2)CN(C(=O)C2CC(C)(O)C2)C3)c1. The van der Waals surface area contributed by atoms with Gasteiger partial charge in [0.2, 0.25) is 5.91 Å². The van der Waals surface area contributed by atoms with Gasteiger partial charge in [0.25, 0.3) is 0 Å². The van der Waals surface area contributed by atoms with E-state index >= 15 is 0 Å². The summed E-state index contributed by atoms with van der Waals surface area (Å²) >= 11 is 0. The molecule has 0 aromatic heterocycles. The Morgan fingerprint density at radius 2 is 1.88 bits per heavy atom. The van der Waals surface area contributed by atoms with Crippen LogP contribution in [0.25, 0.3) is 0 Å². The molecule has 0 unspecified atom stereocenters. The van der Waals surface area contributed by atoms with E-state index in [1.54, 1.807) is 0 Å². The molecule has 0 atom stereocenters. The number of aryl methyl sites for hydroxylation is 1. The van der Waals surface area contributed by atoms with E-state index in [0.717, 1.165) is 13.1 Å². The maximum absolute atomic E-state index is 12.5. The lowest BCUT2D eigenvalue weighted by Gasteiger charge is -2.55. The van der Waals surface area contributed by atoms with Crippen LogP contribution in [-0.4, -0.2) is 34.6 Å². The number of carbonyl (C=O) groups excluding carboxylic acids is 1. The lowest BCUT2D eigenvalue weighted by molar-refractivity contribution is -0.163. The molecule has 1 heterocycles. The number of aliphatic hydroxyl groups is 1. The van der Waals surface area contributed by atoms with Gasteiger partial charge in [0.1, 0.15) is 0 Å². The second kappa shape index (κ2) is 5.59. The maximum Gasteiger partial charge on any atom is 0.225 e. The van der Waals surface area contributed by atoms with Gasteiger partial charge in [-0.05, 0) is 63.9 Å². The zero-order chi connectivity index (χ0) is 16.9. The lowest BCUT2D eigenvalue weighted by atomic mass is 9.63. The number of amides is 1. The van der Waals surface area contributed by atoms with Crippen LogP contribution in [0.1, 0.15) is 62.5 Å². The Kier molecular flexibility index (Phi) is 3.76. The molecule has 1 spiro atoms. The average Bonchev–Trinajstić information content (AvgIpc) is 2.50. The highest BCUT2D eigenvalue weighted by atomic mass is 16.3. The van der Waals surface area contributed by atoms with E-state index in [1.165, 1.54) is 36.8 Å². The number of hydrogen-bond donors (Lipinski definition) is 1. The maximum atomic E-state index is 12.5. The van der Waals surface area contributed by atoms with E-state index < -0.39 is 5.60 Å². The molecule has 0 bridgehead atoms. The third kappa shape index (κ3) is 2.88. The molecule has 1 aliphatic heterocycles. The van der Waals surface area contributed by atoms with Gasteiger partial charge in [0.15, 0.2) is 0 Å². The van der Waals surface area contributed by atoms with Crippen molar-refractivity contribution in [1.82, 2.24) is 4.90 Å². The van der Waals surface area contributed by atoms with Crippen molar-refractivity contribution in [3.05, 3.63) is 35.4 Å². The number of benzene rings is 1. The van der Waals surface area contributed by atoms with Gasteiger partial charge in [0.05, 0.1) is 5.60 Å². The summed E-state index contributed by atoms with van der Waals surface area (Å²) in [7, 11) is 0. The van der Waals surface area contributed by atoms with E-state index in [1.807, 2.05) is 11.8 Å². The molecule has 4 rings (SSSR count). The van der Waals surface area contributed by atoms with Crippen molar-refractivity contribution < 1.29 is 9.90 Å². The summed E-state index contributed by atoms with van der Waals surface area (Å²) in [5.74, 6) is 1.05. The molecular weight excluding hydrogens is 298 g/mol. The Morgan fingerprint density at radius 1 is 1.21 bits per heavy atom. The quantitative estimate of drug-likeness (QED) is 0.901. The van der Waals surface area contributed by atoms with Crippen molar-refractivity contribution in [2.24, 2.45) is 11.3 Å². The topological polar surface area (TPSA) is 40.5 Å². The summed E-state index contributed by atoms with van der Waals surface area (Å²) < 4.78 is 0.